The van der Waals surface area contributed by atoms with Gasteiger partial charge in [0.05, 0.1) is 0 Å². The Labute approximate surface area is 99.8 Å². The summed E-state index contributed by atoms with van der Waals surface area (Å²) >= 11 is 0. The van der Waals surface area contributed by atoms with Crippen molar-refractivity contribution in [3.8, 4) is 0 Å². The van der Waals surface area contributed by atoms with E-state index in [1.807, 2.05) is 6.92 Å². The van der Waals surface area contributed by atoms with E-state index in [0.717, 1.165) is 32.3 Å². The molecule has 1 unspecified atom stereocenters. The minimum absolute atomic E-state index is 0.323. The maximum atomic E-state index is 12.0. The average molecular weight is 226 g/mol. The van der Waals surface area contributed by atoms with Crippen LogP contribution in [0.25, 0.3) is 0 Å². The Kier molecular flexibility index (Phi) is 6.04. The first-order chi connectivity index (χ1) is 7.69. The molecule has 0 bridgehead atoms. The van der Waals surface area contributed by atoms with Crippen LogP contribution in [-0.4, -0.2) is 18.0 Å². The van der Waals surface area contributed by atoms with E-state index < -0.39 is 5.60 Å². The lowest BCUT2D eigenvalue weighted by Crippen LogP contribution is -2.41. The van der Waals surface area contributed by atoms with Crippen LogP contribution in [0.3, 0.4) is 0 Å². The standard InChI is InChI=1S/C14H26O2/c1-3-4-5-6-7-10-13(15)14(2)11-8-9-12-16-14/h3-12H2,1-2H3. The van der Waals surface area contributed by atoms with Crippen LogP contribution in [0.5, 0.6) is 0 Å². The topological polar surface area (TPSA) is 26.3 Å². The molecule has 16 heavy (non-hydrogen) atoms. The quantitative estimate of drug-likeness (QED) is 0.616. The SMILES string of the molecule is CCCCCCCC(=O)C1(C)CCCCO1. The fourth-order valence-corrected chi connectivity index (χ4v) is 2.31. The van der Waals surface area contributed by atoms with E-state index in [2.05, 4.69) is 6.92 Å². The summed E-state index contributed by atoms with van der Waals surface area (Å²) < 4.78 is 5.66. The molecule has 0 saturated carbocycles. The first kappa shape index (κ1) is 13.7. The molecule has 0 aromatic rings. The molecule has 2 nitrogen and oxygen atoms in total. The van der Waals surface area contributed by atoms with Crippen molar-refractivity contribution >= 4 is 5.78 Å². The van der Waals surface area contributed by atoms with Crippen LogP contribution in [0.15, 0.2) is 0 Å². The lowest BCUT2D eigenvalue weighted by Gasteiger charge is -2.32. The molecule has 1 heterocycles. The summed E-state index contributed by atoms with van der Waals surface area (Å²) in [7, 11) is 0. The van der Waals surface area contributed by atoms with Crippen molar-refractivity contribution in [1.82, 2.24) is 0 Å². The summed E-state index contributed by atoms with van der Waals surface area (Å²) in [4.78, 5) is 12.0. The second-order valence-corrected chi connectivity index (χ2v) is 5.12. The van der Waals surface area contributed by atoms with Crippen LogP contribution in [0.2, 0.25) is 0 Å². The molecule has 0 amide bonds. The Morgan fingerprint density at radius 3 is 2.56 bits per heavy atom. The highest BCUT2D eigenvalue weighted by molar-refractivity contribution is 5.86. The van der Waals surface area contributed by atoms with Gasteiger partial charge in [-0.05, 0) is 32.6 Å². The van der Waals surface area contributed by atoms with E-state index in [1.54, 1.807) is 0 Å². The molecular formula is C14H26O2. The normalized spacial score (nSPS) is 25.6. The highest BCUT2D eigenvalue weighted by atomic mass is 16.5. The van der Waals surface area contributed by atoms with Crippen LogP contribution in [-0.2, 0) is 9.53 Å². The van der Waals surface area contributed by atoms with Gasteiger partial charge in [-0.1, -0.05) is 32.6 Å². The van der Waals surface area contributed by atoms with E-state index in [0.29, 0.717) is 12.2 Å². The predicted octanol–water partition coefficient (Wildman–Crippen LogP) is 3.88. The Morgan fingerprint density at radius 2 is 1.94 bits per heavy atom. The first-order valence-electron chi connectivity index (χ1n) is 6.86. The summed E-state index contributed by atoms with van der Waals surface area (Å²) in [5.41, 5.74) is -0.455. The van der Waals surface area contributed by atoms with Crippen LogP contribution in [0.4, 0.5) is 0 Å². The zero-order chi connectivity index (χ0) is 11.9. The first-order valence-corrected chi connectivity index (χ1v) is 6.86. The van der Waals surface area contributed by atoms with E-state index in [1.165, 1.54) is 25.7 Å². The number of carbonyl (C=O) groups excluding carboxylic acids is 1. The van der Waals surface area contributed by atoms with Crippen LogP contribution >= 0.6 is 0 Å². The zero-order valence-electron chi connectivity index (χ0n) is 10.9. The minimum Gasteiger partial charge on any atom is -0.368 e. The van der Waals surface area contributed by atoms with E-state index in [4.69, 9.17) is 4.74 Å². The fourth-order valence-electron chi connectivity index (χ4n) is 2.31. The van der Waals surface area contributed by atoms with Crippen molar-refractivity contribution in [3.63, 3.8) is 0 Å². The van der Waals surface area contributed by atoms with Gasteiger partial charge in [0, 0.05) is 13.0 Å². The monoisotopic (exact) mass is 226 g/mol. The number of Topliss-reactive ketones (excluding diaryl/α,β-unsaturated/α-hetero) is 1. The molecule has 94 valence electrons. The van der Waals surface area contributed by atoms with Gasteiger partial charge in [0.25, 0.3) is 0 Å². The third kappa shape index (κ3) is 4.25. The van der Waals surface area contributed by atoms with Gasteiger partial charge in [-0.2, -0.15) is 0 Å². The summed E-state index contributed by atoms with van der Waals surface area (Å²) in [5, 5.41) is 0. The Hall–Kier alpha value is -0.370. The highest BCUT2D eigenvalue weighted by Crippen LogP contribution is 2.27. The van der Waals surface area contributed by atoms with E-state index in [-0.39, 0.29) is 0 Å². The lowest BCUT2D eigenvalue weighted by molar-refractivity contribution is -0.148. The molecule has 2 heteroatoms. The van der Waals surface area contributed by atoms with Gasteiger partial charge in [0.2, 0.25) is 0 Å². The van der Waals surface area contributed by atoms with Gasteiger partial charge in [-0.3, -0.25) is 4.79 Å². The molecular weight excluding hydrogens is 200 g/mol. The van der Waals surface area contributed by atoms with Gasteiger partial charge in [-0.25, -0.2) is 0 Å². The third-order valence-corrected chi connectivity index (χ3v) is 3.57. The van der Waals surface area contributed by atoms with E-state index in [9.17, 15) is 4.79 Å². The number of carbonyl (C=O) groups is 1. The number of ketones is 1. The molecule has 0 radical (unpaired) electrons. The summed E-state index contributed by atoms with van der Waals surface area (Å²) in [6, 6.07) is 0. The maximum absolute atomic E-state index is 12.0. The average Bonchev–Trinajstić information content (AvgIpc) is 2.29. The van der Waals surface area contributed by atoms with Gasteiger partial charge in [0.1, 0.15) is 5.60 Å². The van der Waals surface area contributed by atoms with Gasteiger partial charge < -0.3 is 4.74 Å². The van der Waals surface area contributed by atoms with Crippen LogP contribution < -0.4 is 0 Å². The summed E-state index contributed by atoms with van der Waals surface area (Å²) in [5.74, 6) is 0.323. The molecule has 1 atom stereocenters. The van der Waals surface area contributed by atoms with Crippen LogP contribution in [0, 0.1) is 0 Å². The van der Waals surface area contributed by atoms with Crippen LogP contribution in [0.1, 0.15) is 71.6 Å². The van der Waals surface area contributed by atoms with Gasteiger partial charge in [0.15, 0.2) is 5.78 Å². The molecule has 0 spiro atoms. The van der Waals surface area contributed by atoms with Crippen molar-refractivity contribution in [3.05, 3.63) is 0 Å². The molecule has 0 aliphatic carbocycles. The Bertz CT molecular complexity index is 205. The molecule has 0 aromatic carbocycles. The molecule has 1 saturated heterocycles. The second-order valence-electron chi connectivity index (χ2n) is 5.12. The Morgan fingerprint density at radius 1 is 1.19 bits per heavy atom. The van der Waals surface area contributed by atoms with Gasteiger partial charge >= 0.3 is 0 Å². The third-order valence-electron chi connectivity index (χ3n) is 3.57. The summed E-state index contributed by atoms with van der Waals surface area (Å²) in [6.07, 6.45) is 9.92. The number of hydrogen-bond donors (Lipinski definition) is 0. The smallest absolute Gasteiger partial charge is 0.164 e. The van der Waals surface area contributed by atoms with Crippen molar-refractivity contribution < 1.29 is 9.53 Å². The number of unbranched alkanes of at least 4 members (excludes halogenated alkanes) is 4. The maximum Gasteiger partial charge on any atom is 0.164 e. The highest BCUT2D eigenvalue weighted by Gasteiger charge is 2.34. The molecule has 1 rings (SSSR count). The molecule has 0 aromatic heterocycles. The van der Waals surface area contributed by atoms with Crippen molar-refractivity contribution in [1.29, 1.82) is 0 Å². The van der Waals surface area contributed by atoms with Crippen molar-refractivity contribution in [2.24, 2.45) is 0 Å². The fraction of sp³-hybridized carbons (Fsp3) is 0.929. The Balaban J connectivity index is 2.18. The molecule has 1 fully saturated rings. The molecule has 1 aliphatic heterocycles. The largest absolute Gasteiger partial charge is 0.368 e. The van der Waals surface area contributed by atoms with Gasteiger partial charge in [-0.15, -0.1) is 0 Å². The predicted molar refractivity (Wildman–Crippen MR) is 66.6 cm³/mol. The van der Waals surface area contributed by atoms with E-state index >= 15 is 0 Å². The number of hydrogen-bond acceptors (Lipinski definition) is 2. The van der Waals surface area contributed by atoms with Crippen molar-refractivity contribution in [2.45, 2.75) is 77.2 Å². The number of ether oxygens (including phenoxy) is 1. The molecule has 1 aliphatic rings. The van der Waals surface area contributed by atoms with Crippen molar-refractivity contribution in [2.75, 3.05) is 6.61 Å². The lowest BCUT2D eigenvalue weighted by atomic mass is 9.89. The zero-order valence-corrected chi connectivity index (χ0v) is 10.9. The second kappa shape index (κ2) is 7.05. The molecule has 0 N–H and O–H groups in total. The number of rotatable bonds is 7. The summed E-state index contributed by atoms with van der Waals surface area (Å²) in [6.45, 7) is 4.95. The minimum atomic E-state index is -0.455.